The molecule has 19 heavy (non-hydrogen) atoms. The fourth-order valence-electron chi connectivity index (χ4n) is 1.37. The predicted octanol–water partition coefficient (Wildman–Crippen LogP) is 3.10. The van der Waals surface area contributed by atoms with Crippen LogP contribution in [0.4, 0.5) is 0 Å². The van der Waals surface area contributed by atoms with Gasteiger partial charge in [0, 0.05) is 6.92 Å². The highest BCUT2D eigenvalue weighted by atomic mass is 35.5. The quantitative estimate of drug-likeness (QED) is 0.810. The molecule has 2 rings (SSSR count). The maximum Gasteiger partial charge on any atom is 0.286 e. The van der Waals surface area contributed by atoms with Crippen LogP contribution in [0.5, 0.6) is 0 Å². The fourth-order valence-corrected chi connectivity index (χ4v) is 2.53. The number of halogens is 2. The van der Waals surface area contributed by atoms with Crippen molar-refractivity contribution in [2.45, 2.75) is 6.92 Å². The molecule has 0 atom stereocenters. The van der Waals surface area contributed by atoms with Crippen molar-refractivity contribution in [2.24, 2.45) is 4.99 Å². The third kappa shape index (κ3) is 3.59. The summed E-state index contributed by atoms with van der Waals surface area (Å²) < 4.78 is 0. The summed E-state index contributed by atoms with van der Waals surface area (Å²) >= 11 is 12.8. The van der Waals surface area contributed by atoms with Gasteiger partial charge in [-0.25, -0.2) is 0 Å². The number of thioether (sulfide) groups is 1. The van der Waals surface area contributed by atoms with E-state index < -0.39 is 0 Å². The summed E-state index contributed by atoms with van der Waals surface area (Å²) in [5.74, 6) is -0.658. The average Bonchev–Trinajstić information content (AvgIpc) is 2.63. The van der Waals surface area contributed by atoms with Crippen LogP contribution in [-0.4, -0.2) is 17.0 Å². The van der Waals surface area contributed by atoms with E-state index in [1.807, 2.05) is 0 Å². The predicted molar refractivity (Wildman–Crippen MR) is 78.3 cm³/mol. The molecule has 4 nitrogen and oxygen atoms in total. The summed E-state index contributed by atoms with van der Waals surface area (Å²) in [5.41, 5.74) is 0.740. The first-order valence-electron chi connectivity index (χ1n) is 5.21. The smallest absolute Gasteiger partial charge is 0.286 e. The van der Waals surface area contributed by atoms with Gasteiger partial charge in [-0.2, -0.15) is 4.99 Å². The second-order valence-electron chi connectivity index (χ2n) is 3.69. The zero-order valence-electron chi connectivity index (χ0n) is 9.74. The number of hydrogen-bond acceptors (Lipinski definition) is 3. The summed E-state index contributed by atoms with van der Waals surface area (Å²) in [6, 6.07) is 5.04. The molecule has 0 aromatic heterocycles. The van der Waals surface area contributed by atoms with Gasteiger partial charge in [0.05, 0.1) is 15.0 Å². The van der Waals surface area contributed by atoms with Gasteiger partial charge in [0.2, 0.25) is 5.91 Å². The topological polar surface area (TPSA) is 58.5 Å². The Hall–Kier alpha value is -1.30. The largest absolute Gasteiger partial charge is 0.305 e. The summed E-state index contributed by atoms with van der Waals surface area (Å²) in [5, 5.41) is 3.61. The molecular weight excluding hydrogens is 307 g/mol. The Morgan fingerprint density at radius 2 is 2.11 bits per heavy atom. The van der Waals surface area contributed by atoms with E-state index in [1.165, 1.54) is 6.92 Å². The molecule has 1 heterocycles. The van der Waals surface area contributed by atoms with Crippen LogP contribution in [0.2, 0.25) is 10.0 Å². The third-order valence-corrected chi connectivity index (χ3v) is 3.78. The zero-order chi connectivity index (χ0) is 14.0. The molecule has 1 aliphatic rings. The van der Waals surface area contributed by atoms with Gasteiger partial charge in [-0.1, -0.05) is 29.3 Å². The van der Waals surface area contributed by atoms with Gasteiger partial charge < -0.3 is 5.32 Å². The van der Waals surface area contributed by atoms with E-state index in [9.17, 15) is 9.59 Å². The summed E-state index contributed by atoms with van der Waals surface area (Å²) in [7, 11) is 0. The SMILES string of the molecule is CC(=O)NC1=NC(=O)/C(=C/c2ccc(Cl)c(Cl)c2)S1. The van der Waals surface area contributed by atoms with Crippen LogP contribution in [0.3, 0.4) is 0 Å². The highest BCUT2D eigenvalue weighted by molar-refractivity contribution is 8.18. The standard InChI is InChI=1S/C12H8Cl2N2O2S/c1-6(17)15-12-16-11(18)10(19-12)5-7-2-3-8(13)9(14)4-7/h2-5H,1H3,(H,15,16,17,18)/b10-5-. The molecule has 0 aliphatic carbocycles. The lowest BCUT2D eigenvalue weighted by Crippen LogP contribution is -2.23. The van der Waals surface area contributed by atoms with E-state index in [4.69, 9.17) is 23.2 Å². The van der Waals surface area contributed by atoms with Crippen LogP contribution in [0.25, 0.3) is 6.08 Å². The number of benzene rings is 1. The number of amidine groups is 1. The Kier molecular flexibility index (Phi) is 4.29. The summed E-state index contributed by atoms with van der Waals surface area (Å²) in [4.78, 5) is 26.7. The molecular formula is C12H8Cl2N2O2S. The van der Waals surface area contributed by atoms with Gasteiger partial charge in [0.1, 0.15) is 0 Å². The molecule has 7 heteroatoms. The number of aliphatic imine (C=N–C) groups is 1. The minimum atomic E-state index is -0.389. The maximum atomic E-state index is 11.6. The lowest BCUT2D eigenvalue weighted by atomic mass is 10.2. The second kappa shape index (κ2) is 5.77. The molecule has 0 radical (unpaired) electrons. The molecule has 2 amide bonds. The van der Waals surface area contributed by atoms with Crippen molar-refractivity contribution in [1.29, 1.82) is 0 Å². The first-order chi connectivity index (χ1) is 8.95. The molecule has 1 aromatic carbocycles. The minimum Gasteiger partial charge on any atom is -0.305 e. The van der Waals surface area contributed by atoms with E-state index in [2.05, 4.69) is 10.3 Å². The van der Waals surface area contributed by atoms with E-state index in [0.717, 1.165) is 17.3 Å². The van der Waals surface area contributed by atoms with Crippen molar-refractivity contribution in [3.63, 3.8) is 0 Å². The van der Waals surface area contributed by atoms with Crippen LogP contribution in [0, 0.1) is 0 Å². The second-order valence-corrected chi connectivity index (χ2v) is 5.53. The monoisotopic (exact) mass is 314 g/mol. The van der Waals surface area contributed by atoms with E-state index >= 15 is 0 Å². The normalized spacial score (nSPS) is 16.7. The number of nitrogens with one attached hydrogen (secondary N) is 1. The van der Waals surface area contributed by atoms with Gasteiger partial charge in [0.25, 0.3) is 5.91 Å². The third-order valence-electron chi connectivity index (χ3n) is 2.14. The van der Waals surface area contributed by atoms with Gasteiger partial charge in [0.15, 0.2) is 5.17 Å². The molecule has 0 saturated heterocycles. The number of nitrogens with zero attached hydrogens (tertiary/aromatic N) is 1. The molecule has 1 N–H and O–H groups in total. The Morgan fingerprint density at radius 1 is 1.37 bits per heavy atom. The molecule has 0 saturated carbocycles. The molecule has 0 fully saturated rings. The van der Waals surface area contributed by atoms with Crippen LogP contribution >= 0.6 is 35.0 Å². The zero-order valence-corrected chi connectivity index (χ0v) is 12.1. The highest BCUT2D eigenvalue weighted by Crippen LogP contribution is 2.29. The van der Waals surface area contributed by atoms with Crippen molar-refractivity contribution in [1.82, 2.24) is 5.32 Å². The number of carbonyl (C=O) groups excluding carboxylic acids is 2. The Balaban J connectivity index is 2.20. The number of amides is 2. The highest BCUT2D eigenvalue weighted by Gasteiger charge is 2.22. The van der Waals surface area contributed by atoms with Crippen LogP contribution in [0.1, 0.15) is 12.5 Å². The summed E-state index contributed by atoms with van der Waals surface area (Å²) in [6.07, 6.45) is 1.65. The molecule has 0 spiro atoms. The lowest BCUT2D eigenvalue weighted by Gasteiger charge is -2.00. The van der Waals surface area contributed by atoms with E-state index in [-0.39, 0.29) is 17.0 Å². The van der Waals surface area contributed by atoms with Crippen molar-refractivity contribution in [3.05, 3.63) is 38.7 Å². The lowest BCUT2D eigenvalue weighted by molar-refractivity contribution is -0.117. The van der Waals surface area contributed by atoms with Crippen LogP contribution in [-0.2, 0) is 9.59 Å². The Morgan fingerprint density at radius 3 is 2.74 bits per heavy atom. The molecule has 0 bridgehead atoms. The number of carbonyl (C=O) groups is 2. The van der Waals surface area contributed by atoms with Gasteiger partial charge in [-0.15, -0.1) is 0 Å². The first kappa shape index (κ1) is 14.1. The van der Waals surface area contributed by atoms with Crippen molar-refractivity contribution in [3.8, 4) is 0 Å². The summed E-state index contributed by atoms with van der Waals surface area (Å²) in [6.45, 7) is 1.36. The number of hydrogen-bond donors (Lipinski definition) is 1. The van der Waals surface area contributed by atoms with Crippen molar-refractivity contribution < 1.29 is 9.59 Å². The first-order valence-corrected chi connectivity index (χ1v) is 6.78. The fraction of sp³-hybridized carbons (Fsp3) is 0.0833. The van der Waals surface area contributed by atoms with E-state index in [1.54, 1.807) is 24.3 Å². The Bertz CT molecular complexity index is 626. The van der Waals surface area contributed by atoms with Crippen molar-refractivity contribution >= 4 is 58.0 Å². The van der Waals surface area contributed by atoms with Gasteiger partial charge in [-0.05, 0) is 35.5 Å². The van der Waals surface area contributed by atoms with Gasteiger partial charge >= 0.3 is 0 Å². The van der Waals surface area contributed by atoms with Crippen LogP contribution < -0.4 is 5.32 Å². The van der Waals surface area contributed by atoms with Crippen LogP contribution in [0.15, 0.2) is 28.1 Å². The molecule has 0 unspecified atom stereocenters. The average molecular weight is 315 g/mol. The van der Waals surface area contributed by atoms with Gasteiger partial charge in [-0.3, -0.25) is 9.59 Å². The van der Waals surface area contributed by atoms with E-state index in [0.29, 0.717) is 15.0 Å². The molecule has 1 aromatic rings. The minimum absolute atomic E-state index is 0.269. The Labute approximate surface area is 123 Å². The number of rotatable bonds is 1. The van der Waals surface area contributed by atoms with Crippen molar-refractivity contribution in [2.75, 3.05) is 0 Å². The molecule has 98 valence electrons. The molecule has 1 aliphatic heterocycles. The maximum absolute atomic E-state index is 11.6.